The third-order valence-electron chi connectivity index (χ3n) is 2.45. The van der Waals surface area contributed by atoms with E-state index in [0.717, 1.165) is 6.07 Å². The predicted molar refractivity (Wildman–Crippen MR) is 59.7 cm³/mol. The molecule has 1 aromatic carbocycles. The van der Waals surface area contributed by atoms with Crippen molar-refractivity contribution in [2.24, 2.45) is 0 Å². The molecule has 16 heavy (non-hydrogen) atoms. The van der Waals surface area contributed by atoms with Gasteiger partial charge in [0.25, 0.3) is 0 Å². The van der Waals surface area contributed by atoms with Crippen LogP contribution >= 0.6 is 11.6 Å². The Morgan fingerprint density at radius 2 is 2.06 bits per heavy atom. The standard InChI is InChI=1S/C11H14ClFO3/c1-11(2,5-14)8-9(12)6(13)4-7(16-3)10(8)15/h4,14-15H,5H2,1-3H3. The lowest BCUT2D eigenvalue weighted by Gasteiger charge is -2.25. The molecule has 0 fully saturated rings. The van der Waals surface area contributed by atoms with Gasteiger partial charge in [0.2, 0.25) is 0 Å². The van der Waals surface area contributed by atoms with Crippen molar-refractivity contribution in [2.75, 3.05) is 13.7 Å². The van der Waals surface area contributed by atoms with Gasteiger partial charge in [-0.25, -0.2) is 4.39 Å². The summed E-state index contributed by atoms with van der Waals surface area (Å²) in [6, 6.07) is 1.01. The third kappa shape index (κ3) is 2.08. The number of ether oxygens (including phenoxy) is 1. The molecule has 0 unspecified atom stereocenters. The lowest BCUT2D eigenvalue weighted by atomic mass is 9.84. The van der Waals surface area contributed by atoms with Gasteiger partial charge in [0.1, 0.15) is 5.82 Å². The number of aliphatic hydroxyl groups is 1. The summed E-state index contributed by atoms with van der Waals surface area (Å²) in [4.78, 5) is 0. The highest BCUT2D eigenvalue weighted by molar-refractivity contribution is 6.32. The van der Waals surface area contributed by atoms with E-state index in [0.29, 0.717) is 0 Å². The minimum Gasteiger partial charge on any atom is -0.504 e. The average molecular weight is 249 g/mol. The van der Waals surface area contributed by atoms with E-state index in [2.05, 4.69) is 0 Å². The molecule has 0 bridgehead atoms. The monoisotopic (exact) mass is 248 g/mol. The fraction of sp³-hybridized carbons (Fsp3) is 0.455. The van der Waals surface area contributed by atoms with Crippen molar-refractivity contribution in [3.63, 3.8) is 0 Å². The van der Waals surface area contributed by atoms with Gasteiger partial charge in [-0.2, -0.15) is 0 Å². The highest BCUT2D eigenvalue weighted by Gasteiger charge is 2.30. The minimum absolute atomic E-state index is 0.00146. The maximum atomic E-state index is 13.5. The molecule has 0 aromatic heterocycles. The van der Waals surface area contributed by atoms with Crippen LogP contribution in [0.25, 0.3) is 0 Å². The highest BCUT2D eigenvalue weighted by Crippen LogP contribution is 2.43. The number of aliphatic hydroxyl groups excluding tert-OH is 1. The molecule has 0 saturated carbocycles. The summed E-state index contributed by atoms with van der Waals surface area (Å²) in [5.74, 6) is -0.931. The Morgan fingerprint density at radius 1 is 1.50 bits per heavy atom. The summed E-state index contributed by atoms with van der Waals surface area (Å²) in [5.41, 5.74) is -0.704. The second kappa shape index (κ2) is 4.47. The molecule has 0 atom stereocenters. The summed E-state index contributed by atoms with van der Waals surface area (Å²) in [5, 5.41) is 18.9. The smallest absolute Gasteiger partial charge is 0.163 e. The summed E-state index contributed by atoms with van der Waals surface area (Å²) in [6.45, 7) is 3.02. The Hall–Kier alpha value is -1.00. The molecule has 0 spiro atoms. The topological polar surface area (TPSA) is 49.7 Å². The van der Waals surface area contributed by atoms with E-state index in [9.17, 15) is 14.6 Å². The normalized spacial score (nSPS) is 11.6. The zero-order chi connectivity index (χ0) is 12.5. The van der Waals surface area contributed by atoms with Gasteiger partial charge in [0.15, 0.2) is 11.5 Å². The maximum Gasteiger partial charge on any atom is 0.163 e. The van der Waals surface area contributed by atoms with Crippen molar-refractivity contribution in [3.05, 3.63) is 22.5 Å². The summed E-state index contributed by atoms with van der Waals surface area (Å²) >= 11 is 5.79. The first-order valence-corrected chi connectivity index (χ1v) is 5.09. The summed E-state index contributed by atoms with van der Waals surface area (Å²) in [7, 11) is 1.32. The van der Waals surface area contributed by atoms with Gasteiger partial charge < -0.3 is 14.9 Å². The van der Waals surface area contributed by atoms with E-state index in [4.69, 9.17) is 16.3 Å². The van der Waals surface area contributed by atoms with E-state index in [1.807, 2.05) is 0 Å². The predicted octanol–water partition coefficient (Wildman–Crippen LogP) is 2.46. The zero-order valence-corrected chi connectivity index (χ0v) is 10.1. The van der Waals surface area contributed by atoms with E-state index in [-0.39, 0.29) is 28.7 Å². The van der Waals surface area contributed by atoms with Crippen LogP contribution in [0, 0.1) is 5.82 Å². The Kier molecular flexibility index (Phi) is 3.65. The van der Waals surface area contributed by atoms with Crippen LogP contribution in [0.2, 0.25) is 5.02 Å². The molecular weight excluding hydrogens is 235 g/mol. The molecule has 5 heteroatoms. The van der Waals surface area contributed by atoms with E-state index < -0.39 is 11.2 Å². The van der Waals surface area contributed by atoms with Crippen LogP contribution in [0.1, 0.15) is 19.4 Å². The molecular formula is C11H14ClFO3. The molecule has 0 aliphatic carbocycles. The lowest BCUT2D eigenvalue weighted by Crippen LogP contribution is -2.23. The van der Waals surface area contributed by atoms with Crippen LogP contribution in [0.4, 0.5) is 4.39 Å². The number of benzene rings is 1. The molecule has 0 amide bonds. The van der Waals surface area contributed by atoms with Gasteiger partial charge in [0, 0.05) is 17.0 Å². The van der Waals surface area contributed by atoms with Crippen LogP contribution in [-0.4, -0.2) is 23.9 Å². The number of halogens is 2. The molecule has 0 saturated heterocycles. The second-order valence-corrected chi connectivity index (χ2v) is 4.52. The van der Waals surface area contributed by atoms with Crippen molar-refractivity contribution in [1.82, 2.24) is 0 Å². The number of phenolic OH excluding ortho intramolecular Hbond substituents is 1. The molecule has 3 nitrogen and oxygen atoms in total. The molecule has 1 aromatic rings. The largest absolute Gasteiger partial charge is 0.504 e. The number of methoxy groups -OCH3 is 1. The number of phenols is 1. The molecule has 2 N–H and O–H groups in total. The van der Waals surface area contributed by atoms with Gasteiger partial charge in [-0.05, 0) is 0 Å². The lowest BCUT2D eigenvalue weighted by molar-refractivity contribution is 0.214. The van der Waals surface area contributed by atoms with E-state index in [1.54, 1.807) is 13.8 Å². The maximum absolute atomic E-state index is 13.5. The molecule has 0 aliphatic rings. The number of hydrogen-bond donors (Lipinski definition) is 2. The minimum atomic E-state index is -0.851. The number of rotatable bonds is 3. The van der Waals surface area contributed by atoms with Crippen LogP contribution in [0.3, 0.4) is 0 Å². The quantitative estimate of drug-likeness (QED) is 0.864. The van der Waals surface area contributed by atoms with Crippen LogP contribution in [0.15, 0.2) is 6.07 Å². The van der Waals surface area contributed by atoms with Gasteiger partial charge in [0.05, 0.1) is 18.7 Å². The van der Waals surface area contributed by atoms with Gasteiger partial charge >= 0.3 is 0 Å². The highest BCUT2D eigenvalue weighted by atomic mass is 35.5. The molecule has 0 radical (unpaired) electrons. The summed E-state index contributed by atoms with van der Waals surface area (Å²) < 4.78 is 18.3. The first-order chi connectivity index (χ1) is 7.35. The van der Waals surface area contributed by atoms with Gasteiger partial charge in [-0.15, -0.1) is 0 Å². The third-order valence-corrected chi connectivity index (χ3v) is 2.82. The Labute approximate surface area is 98.4 Å². The van der Waals surface area contributed by atoms with Crippen molar-refractivity contribution < 1.29 is 19.3 Å². The first kappa shape index (κ1) is 13.1. The van der Waals surface area contributed by atoms with Gasteiger partial charge in [-0.1, -0.05) is 25.4 Å². The second-order valence-electron chi connectivity index (χ2n) is 4.14. The fourth-order valence-electron chi connectivity index (χ4n) is 1.45. The van der Waals surface area contributed by atoms with Crippen LogP contribution in [0.5, 0.6) is 11.5 Å². The van der Waals surface area contributed by atoms with Crippen LogP contribution in [-0.2, 0) is 5.41 Å². The first-order valence-electron chi connectivity index (χ1n) is 4.71. The summed E-state index contributed by atoms with van der Waals surface area (Å²) in [6.07, 6.45) is 0. The molecule has 0 aliphatic heterocycles. The molecule has 1 rings (SSSR count). The number of aromatic hydroxyl groups is 1. The Bertz CT molecular complexity index is 405. The van der Waals surface area contributed by atoms with Crippen molar-refractivity contribution in [2.45, 2.75) is 19.3 Å². The number of hydrogen-bond acceptors (Lipinski definition) is 3. The zero-order valence-electron chi connectivity index (χ0n) is 9.34. The van der Waals surface area contributed by atoms with E-state index >= 15 is 0 Å². The Balaban J connectivity index is 3.54. The SMILES string of the molecule is COc1cc(F)c(Cl)c(C(C)(C)CO)c1O. The van der Waals surface area contributed by atoms with Crippen molar-refractivity contribution in [3.8, 4) is 11.5 Å². The van der Waals surface area contributed by atoms with E-state index in [1.165, 1.54) is 7.11 Å². The molecule has 0 heterocycles. The van der Waals surface area contributed by atoms with Crippen molar-refractivity contribution >= 4 is 11.6 Å². The Morgan fingerprint density at radius 3 is 2.50 bits per heavy atom. The average Bonchev–Trinajstić information content (AvgIpc) is 2.23. The fourth-order valence-corrected chi connectivity index (χ4v) is 1.85. The van der Waals surface area contributed by atoms with Gasteiger partial charge in [-0.3, -0.25) is 0 Å². The van der Waals surface area contributed by atoms with Crippen LogP contribution < -0.4 is 4.74 Å². The van der Waals surface area contributed by atoms with Crippen molar-refractivity contribution in [1.29, 1.82) is 0 Å². The molecule has 90 valence electrons.